The molecule has 1 unspecified atom stereocenters. The normalized spacial score (nSPS) is 12.4. The van der Waals surface area contributed by atoms with E-state index in [2.05, 4.69) is 21.9 Å². The predicted molar refractivity (Wildman–Crippen MR) is 68.2 cm³/mol. The molecule has 0 aliphatic heterocycles. The molecule has 0 saturated heterocycles. The first-order valence-electron chi connectivity index (χ1n) is 5.47. The first kappa shape index (κ1) is 11.9. The lowest BCUT2D eigenvalue weighted by Gasteiger charge is -2.13. The van der Waals surface area contributed by atoms with Crippen LogP contribution >= 0.6 is 11.3 Å². The van der Waals surface area contributed by atoms with E-state index in [1.165, 1.54) is 5.56 Å². The lowest BCUT2D eigenvalue weighted by Crippen LogP contribution is -2.35. The number of nitrogens with one attached hydrogen (secondary N) is 1. The van der Waals surface area contributed by atoms with Crippen molar-refractivity contribution in [2.45, 2.75) is 19.4 Å². The molecule has 1 amide bonds. The maximum absolute atomic E-state index is 11.9. The first-order valence-corrected chi connectivity index (χ1v) is 6.41. The molecule has 17 heavy (non-hydrogen) atoms. The Hall–Kier alpha value is -1.62. The third-order valence-corrected chi connectivity index (χ3v) is 3.29. The number of carbonyl (C=O) groups is 1. The van der Waals surface area contributed by atoms with Crippen molar-refractivity contribution in [1.82, 2.24) is 15.1 Å². The van der Waals surface area contributed by atoms with E-state index in [0.717, 1.165) is 6.42 Å². The predicted octanol–water partition coefficient (Wildman–Crippen LogP) is 1.84. The fraction of sp³-hybridized carbons (Fsp3) is 0.333. The Labute approximate surface area is 104 Å². The van der Waals surface area contributed by atoms with Crippen molar-refractivity contribution in [2.24, 2.45) is 7.05 Å². The Balaban J connectivity index is 1.93. The van der Waals surface area contributed by atoms with Gasteiger partial charge in [-0.25, -0.2) is 0 Å². The molecule has 2 aromatic heterocycles. The van der Waals surface area contributed by atoms with Gasteiger partial charge in [-0.2, -0.15) is 16.4 Å². The van der Waals surface area contributed by atoms with E-state index in [1.54, 1.807) is 35.3 Å². The lowest BCUT2D eigenvalue weighted by atomic mass is 10.1. The minimum absolute atomic E-state index is 0.0762. The van der Waals surface area contributed by atoms with Crippen LogP contribution in [0.5, 0.6) is 0 Å². The van der Waals surface area contributed by atoms with Crippen molar-refractivity contribution in [2.75, 3.05) is 0 Å². The van der Waals surface area contributed by atoms with E-state index >= 15 is 0 Å². The number of rotatable bonds is 4. The lowest BCUT2D eigenvalue weighted by molar-refractivity contribution is 0.0930. The van der Waals surface area contributed by atoms with Crippen LogP contribution in [0.3, 0.4) is 0 Å². The summed E-state index contributed by atoms with van der Waals surface area (Å²) in [6, 6.07) is 3.91. The average Bonchev–Trinajstić information content (AvgIpc) is 2.88. The van der Waals surface area contributed by atoms with Gasteiger partial charge in [-0.05, 0) is 41.8 Å². The standard InChI is InChI=1S/C12H15N3OS/c1-9(7-10-4-6-17-8-10)14-12(16)11-3-5-13-15(11)2/h3-6,8-9H,7H2,1-2H3,(H,14,16). The maximum atomic E-state index is 11.9. The van der Waals surface area contributed by atoms with Gasteiger partial charge in [0, 0.05) is 19.3 Å². The summed E-state index contributed by atoms with van der Waals surface area (Å²) in [7, 11) is 1.76. The van der Waals surface area contributed by atoms with Crippen LogP contribution in [0.15, 0.2) is 29.1 Å². The Kier molecular flexibility index (Phi) is 3.58. The van der Waals surface area contributed by atoms with Crippen LogP contribution in [0.2, 0.25) is 0 Å². The highest BCUT2D eigenvalue weighted by Crippen LogP contribution is 2.09. The molecule has 2 rings (SSSR count). The van der Waals surface area contributed by atoms with Gasteiger partial charge >= 0.3 is 0 Å². The molecule has 2 aromatic rings. The highest BCUT2D eigenvalue weighted by Gasteiger charge is 2.13. The molecule has 0 radical (unpaired) electrons. The molecular weight excluding hydrogens is 234 g/mol. The van der Waals surface area contributed by atoms with Gasteiger partial charge in [-0.1, -0.05) is 0 Å². The van der Waals surface area contributed by atoms with Gasteiger partial charge in [0.1, 0.15) is 5.69 Å². The van der Waals surface area contributed by atoms with Crippen LogP contribution in [0.25, 0.3) is 0 Å². The zero-order chi connectivity index (χ0) is 12.3. The van der Waals surface area contributed by atoms with Crippen molar-refractivity contribution in [3.63, 3.8) is 0 Å². The number of aromatic nitrogens is 2. The van der Waals surface area contributed by atoms with Crippen LogP contribution in [0.4, 0.5) is 0 Å². The number of carbonyl (C=O) groups excluding carboxylic acids is 1. The Morgan fingerprint density at radius 2 is 2.41 bits per heavy atom. The minimum Gasteiger partial charge on any atom is -0.348 e. The summed E-state index contributed by atoms with van der Waals surface area (Å²) in [5, 5.41) is 11.1. The Morgan fingerprint density at radius 1 is 1.59 bits per heavy atom. The number of amides is 1. The van der Waals surface area contributed by atoms with Gasteiger partial charge in [-0.3, -0.25) is 9.48 Å². The summed E-state index contributed by atoms with van der Waals surface area (Å²) in [4.78, 5) is 11.9. The van der Waals surface area contributed by atoms with E-state index in [-0.39, 0.29) is 11.9 Å². The molecule has 0 bridgehead atoms. The van der Waals surface area contributed by atoms with Crippen molar-refractivity contribution in [1.29, 1.82) is 0 Å². The van der Waals surface area contributed by atoms with E-state index in [9.17, 15) is 4.79 Å². The summed E-state index contributed by atoms with van der Waals surface area (Å²) < 4.78 is 1.58. The summed E-state index contributed by atoms with van der Waals surface area (Å²) in [6.07, 6.45) is 2.48. The molecule has 1 N–H and O–H groups in total. The van der Waals surface area contributed by atoms with Crippen LogP contribution in [0.1, 0.15) is 23.0 Å². The number of hydrogen-bond acceptors (Lipinski definition) is 3. The van der Waals surface area contributed by atoms with Crippen molar-refractivity contribution < 1.29 is 4.79 Å². The first-order chi connectivity index (χ1) is 8.16. The van der Waals surface area contributed by atoms with Crippen LogP contribution < -0.4 is 5.32 Å². The van der Waals surface area contributed by atoms with Crippen LogP contribution in [-0.2, 0) is 13.5 Å². The third-order valence-electron chi connectivity index (χ3n) is 2.55. The smallest absolute Gasteiger partial charge is 0.269 e. The molecule has 0 saturated carbocycles. The van der Waals surface area contributed by atoms with Gasteiger partial charge in [0.2, 0.25) is 0 Å². The fourth-order valence-electron chi connectivity index (χ4n) is 1.71. The van der Waals surface area contributed by atoms with E-state index in [1.807, 2.05) is 12.3 Å². The molecule has 1 atom stereocenters. The molecule has 0 aliphatic rings. The monoisotopic (exact) mass is 249 g/mol. The van der Waals surface area contributed by atoms with Gasteiger partial charge in [0.15, 0.2) is 0 Å². The van der Waals surface area contributed by atoms with Gasteiger partial charge in [0.25, 0.3) is 5.91 Å². The number of thiophene rings is 1. The van der Waals surface area contributed by atoms with E-state index in [0.29, 0.717) is 5.69 Å². The summed E-state index contributed by atoms with van der Waals surface area (Å²) >= 11 is 1.67. The SMILES string of the molecule is CC(Cc1ccsc1)NC(=O)c1ccnn1C. The second-order valence-corrected chi connectivity index (χ2v) is 4.83. The van der Waals surface area contributed by atoms with Crippen LogP contribution in [0, 0.1) is 0 Å². The second-order valence-electron chi connectivity index (χ2n) is 4.05. The minimum atomic E-state index is -0.0762. The number of hydrogen-bond donors (Lipinski definition) is 1. The molecule has 0 spiro atoms. The zero-order valence-corrected chi connectivity index (χ0v) is 10.7. The second kappa shape index (κ2) is 5.14. The van der Waals surface area contributed by atoms with Crippen LogP contribution in [-0.4, -0.2) is 21.7 Å². The highest BCUT2D eigenvalue weighted by atomic mass is 32.1. The molecule has 90 valence electrons. The molecule has 4 nitrogen and oxygen atoms in total. The summed E-state index contributed by atoms with van der Waals surface area (Å²) in [6.45, 7) is 2.01. The maximum Gasteiger partial charge on any atom is 0.269 e. The van der Waals surface area contributed by atoms with Crippen molar-refractivity contribution in [3.05, 3.63) is 40.3 Å². The zero-order valence-electron chi connectivity index (χ0n) is 9.88. The largest absolute Gasteiger partial charge is 0.348 e. The van der Waals surface area contributed by atoms with E-state index < -0.39 is 0 Å². The molecular formula is C12H15N3OS. The summed E-state index contributed by atoms with van der Waals surface area (Å²) in [5.74, 6) is -0.0762. The number of nitrogens with zero attached hydrogens (tertiary/aromatic N) is 2. The van der Waals surface area contributed by atoms with Gasteiger partial charge in [-0.15, -0.1) is 0 Å². The molecule has 0 fully saturated rings. The third kappa shape index (κ3) is 2.94. The fourth-order valence-corrected chi connectivity index (χ4v) is 2.39. The Bertz CT molecular complexity index is 490. The topological polar surface area (TPSA) is 46.9 Å². The molecule has 5 heteroatoms. The molecule has 0 aliphatic carbocycles. The van der Waals surface area contributed by atoms with E-state index in [4.69, 9.17) is 0 Å². The van der Waals surface area contributed by atoms with Crippen molar-refractivity contribution >= 4 is 17.2 Å². The van der Waals surface area contributed by atoms with Gasteiger partial charge in [0.05, 0.1) is 0 Å². The molecule has 0 aromatic carbocycles. The Morgan fingerprint density at radius 3 is 3.00 bits per heavy atom. The molecule has 2 heterocycles. The number of aryl methyl sites for hydroxylation is 1. The summed E-state index contributed by atoms with van der Waals surface area (Å²) in [5.41, 5.74) is 1.84. The quantitative estimate of drug-likeness (QED) is 0.898. The van der Waals surface area contributed by atoms with Gasteiger partial charge < -0.3 is 5.32 Å². The highest BCUT2D eigenvalue weighted by molar-refractivity contribution is 7.07. The van der Waals surface area contributed by atoms with Crippen molar-refractivity contribution in [3.8, 4) is 0 Å². The average molecular weight is 249 g/mol.